The number of aliphatic hydroxyl groups is 4. The molecule has 3 aliphatic heterocycles. The molecule has 4 aliphatic rings. The Hall–Kier alpha value is -2.90. The van der Waals surface area contributed by atoms with Crippen LogP contribution in [0.1, 0.15) is 139 Å². The van der Waals surface area contributed by atoms with E-state index in [1.165, 1.54) is 4.90 Å². The summed E-state index contributed by atoms with van der Waals surface area (Å²) in [6.07, 6.45) is 9.75. The van der Waals surface area contributed by atoms with Crippen molar-refractivity contribution in [3.05, 3.63) is 47.6 Å². The quantitative estimate of drug-likeness (QED) is 0.0747. The number of carbonyl (C=O) groups excluding carboxylic acids is 4. The lowest BCUT2D eigenvalue weighted by molar-refractivity contribution is -0.265. The summed E-state index contributed by atoms with van der Waals surface area (Å²) >= 11 is 0. The van der Waals surface area contributed by atoms with Crippen LogP contribution in [0.3, 0.4) is 0 Å². The monoisotopic (exact) mass is 1020 g/mol. The highest BCUT2D eigenvalue weighted by atomic mass is 28.4. The van der Waals surface area contributed by atoms with E-state index >= 15 is 0 Å². The number of aliphatic hydroxyl groups excluding tert-OH is 3. The third-order valence-corrected chi connectivity index (χ3v) is 20.9. The van der Waals surface area contributed by atoms with Crippen LogP contribution in [0.4, 0.5) is 0 Å². The second-order valence-electron chi connectivity index (χ2n) is 23.1. The summed E-state index contributed by atoms with van der Waals surface area (Å²) in [5.74, 6) is -7.80. The number of rotatable bonds is 7. The number of fused-ring (bicyclic) bond motifs is 3. The Morgan fingerprint density at radius 2 is 1.54 bits per heavy atom. The Balaban J connectivity index is 1.68. The van der Waals surface area contributed by atoms with Gasteiger partial charge in [-0.1, -0.05) is 84.9 Å². The van der Waals surface area contributed by atoms with Gasteiger partial charge in [-0.2, -0.15) is 0 Å². The van der Waals surface area contributed by atoms with Gasteiger partial charge in [0.25, 0.3) is 11.7 Å². The van der Waals surface area contributed by atoms with Crippen molar-refractivity contribution in [1.29, 1.82) is 0 Å². The van der Waals surface area contributed by atoms with Gasteiger partial charge in [-0.05, 0) is 119 Å². The zero-order chi connectivity index (χ0) is 53.2. The summed E-state index contributed by atoms with van der Waals surface area (Å²) in [7, 11) is 1.15. The van der Waals surface area contributed by atoms with E-state index in [-0.39, 0.29) is 54.0 Å². The van der Waals surface area contributed by atoms with Gasteiger partial charge >= 0.3 is 5.97 Å². The minimum absolute atomic E-state index is 0.0157. The molecule has 6 N–H and O–H groups in total. The minimum atomic E-state index is -2.44. The zero-order valence-corrected chi connectivity index (χ0v) is 46.3. The van der Waals surface area contributed by atoms with Crippen LogP contribution >= 0.6 is 0 Å². The van der Waals surface area contributed by atoms with Crippen LogP contribution < -0.4 is 5.73 Å². The zero-order valence-electron chi connectivity index (χ0n) is 45.3. The van der Waals surface area contributed by atoms with E-state index in [2.05, 4.69) is 33.9 Å². The smallest absolute Gasteiger partial charge is 0.329 e. The number of piperidine rings is 1. The molecular formula is C55H92N2O13Si. The number of hydrogen-bond acceptors (Lipinski definition) is 14. The van der Waals surface area contributed by atoms with Gasteiger partial charge in [-0.15, -0.1) is 0 Å². The summed E-state index contributed by atoms with van der Waals surface area (Å²) in [6.45, 7) is 21.7. The summed E-state index contributed by atoms with van der Waals surface area (Å²) < 4.78 is 31.2. The van der Waals surface area contributed by atoms with E-state index in [1.54, 1.807) is 48.0 Å². The molecule has 0 aromatic rings. The third kappa shape index (κ3) is 16.1. The average molecular weight is 1020 g/mol. The fourth-order valence-electron chi connectivity index (χ4n) is 10.5. The molecule has 0 radical (unpaired) electrons. The molecule has 3 fully saturated rings. The van der Waals surface area contributed by atoms with Crippen LogP contribution in [-0.2, 0) is 42.6 Å². The van der Waals surface area contributed by atoms with E-state index in [0.29, 0.717) is 51.4 Å². The maximum absolute atomic E-state index is 14.5. The summed E-state index contributed by atoms with van der Waals surface area (Å²) in [6, 6.07) is -1.94. The summed E-state index contributed by atoms with van der Waals surface area (Å²) in [5, 5.41) is 46.2. The number of hydrogen-bond donors (Lipinski definition) is 5. The fourth-order valence-corrected chi connectivity index (χ4v) is 11.9. The number of Topliss-reactive ketones (excluding diaryl/α,β-unsaturated/α-hetero) is 2. The van der Waals surface area contributed by atoms with Crippen LogP contribution in [0, 0.1) is 29.6 Å². The number of allylic oxidation sites excluding steroid dienone is 5. The molecule has 1 saturated carbocycles. The molecule has 16 atom stereocenters. The number of nitrogens with two attached hydrogens (primary N) is 1. The van der Waals surface area contributed by atoms with Crippen molar-refractivity contribution in [3.8, 4) is 0 Å². The Bertz CT molecular complexity index is 1910. The molecule has 404 valence electrons. The summed E-state index contributed by atoms with van der Waals surface area (Å²) in [5.41, 5.74) is 8.19. The molecule has 3 heterocycles. The number of ketones is 2. The number of methoxy groups -OCH3 is 2. The van der Waals surface area contributed by atoms with Gasteiger partial charge in [0.1, 0.15) is 24.4 Å². The Kier molecular flexibility index (Phi) is 22.7. The van der Waals surface area contributed by atoms with Gasteiger partial charge in [0.05, 0.1) is 30.5 Å². The number of nitrogens with zero attached hydrogens (tertiary/aromatic N) is 1. The Labute approximate surface area is 426 Å². The van der Waals surface area contributed by atoms with Crippen molar-refractivity contribution < 1.29 is 63.0 Å². The predicted molar refractivity (Wildman–Crippen MR) is 276 cm³/mol. The predicted octanol–water partition coefficient (Wildman–Crippen LogP) is 7.04. The van der Waals surface area contributed by atoms with Crippen molar-refractivity contribution in [2.75, 3.05) is 20.8 Å². The van der Waals surface area contributed by atoms with Crippen molar-refractivity contribution in [1.82, 2.24) is 4.90 Å². The van der Waals surface area contributed by atoms with Crippen LogP contribution in [0.5, 0.6) is 0 Å². The normalized spacial score (nSPS) is 39.5. The first-order chi connectivity index (χ1) is 33.1. The van der Waals surface area contributed by atoms with Crippen LogP contribution in [0.2, 0.25) is 18.1 Å². The first-order valence-corrected chi connectivity index (χ1v) is 29.3. The molecule has 71 heavy (non-hydrogen) atoms. The molecule has 1 amide bonds. The van der Waals surface area contributed by atoms with Crippen molar-refractivity contribution >= 4 is 31.8 Å². The van der Waals surface area contributed by atoms with E-state index in [4.69, 9.17) is 29.1 Å². The van der Waals surface area contributed by atoms with Crippen LogP contribution in [0.25, 0.3) is 0 Å². The lowest BCUT2D eigenvalue weighted by Gasteiger charge is -2.44. The van der Waals surface area contributed by atoms with Gasteiger partial charge in [0, 0.05) is 57.4 Å². The molecule has 0 spiro atoms. The molecule has 1 unspecified atom stereocenters. The van der Waals surface area contributed by atoms with E-state index < -0.39 is 104 Å². The Morgan fingerprint density at radius 3 is 2.18 bits per heavy atom. The van der Waals surface area contributed by atoms with Gasteiger partial charge in [0.2, 0.25) is 5.79 Å². The molecule has 15 nitrogen and oxygen atoms in total. The average Bonchev–Trinajstić information content (AvgIpc) is 3.32. The molecule has 0 aromatic carbocycles. The summed E-state index contributed by atoms with van der Waals surface area (Å²) in [4.78, 5) is 57.8. The van der Waals surface area contributed by atoms with E-state index in [1.807, 2.05) is 44.2 Å². The van der Waals surface area contributed by atoms with E-state index in [0.717, 1.165) is 18.4 Å². The second kappa shape index (κ2) is 26.5. The molecule has 16 heteroatoms. The van der Waals surface area contributed by atoms with Gasteiger partial charge in [-0.25, -0.2) is 4.79 Å². The van der Waals surface area contributed by atoms with Crippen molar-refractivity contribution in [2.24, 2.45) is 35.3 Å². The lowest BCUT2D eigenvalue weighted by Crippen LogP contribution is -2.61. The number of carbonyl (C=O) groups is 4. The number of cyclic esters (lactones) is 1. The van der Waals surface area contributed by atoms with Crippen LogP contribution in [0.15, 0.2) is 47.6 Å². The third-order valence-electron chi connectivity index (χ3n) is 16.4. The minimum Gasteiger partial charge on any atom is -0.459 e. The fraction of sp³-hybridized carbons (Fsp3) is 0.782. The number of esters is 1. The SMILES string of the molecule is CO[C@H]1C[C@@H]2CC[C@@H](C)[C@@](O)(O2)C(=O)C(=O)N2CCCC[C@H]2C(=O)O[C@H]([C@H](N)C[C@@H]2CCC(O[Si](C)(C)C(C)(C)C)[C@H](OC)C2)C[C@@H](O)[C@H](C)/C=C(\C)[C@@H](O)[C@@H](O)C(=O)[C@H](C)C[C@H](C)/C=C/C=C/C=C/1C. The van der Waals surface area contributed by atoms with Crippen molar-refractivity contribution in [3.63, 3.8) is 0 Å². The standard InChI is InChI=1S/C55H92N2O13Si/c1-33-19-15-14-16-20-34(2)45(66-10)31-40-24-22-38(6)55(65,69-40)51(62)52(63)57-26-18-17-21-42(57)53(64)68-46(32-43(58)35(3)28-37(5)49(60)50(61)48(59)36(4)27-33)41(56)29-39-23-25-44(47(30-39)67-11)70-71(12,13)54(7,8)9/h14-16,19-20,28,33,35-36,38-47,49-50,58,60-61,65H,17-18,21-27,29-32,56H2,1-13H3/b16-14+,19-15+,34-20+,37-28+/t33-,35-,36-,38-,39+,40+,41-,42+,43-,44?,45+,46+,47-,49-,50+,55-/m1/s1. The first kappa shape index (κ1) is 60.6. The Morgan fingerprint density at radius 1 is 0.845 bits per heavy atom. The molecule has 0 aromatic heterocycles. The van der Waals surface area contributed by atoms with Crippen molar-refractivity contribution in [2.45, 2.75) is 224 Å². The highest BCUT2D eigenvalue weighted by Crippen LogP contribution is 2.42. The van der Waals surface area contributed by atoms with Gasteiger partial charge < -0.3 is 54.4 Å². The molecule has 1 aliphatic carbocycles. The van der Waals surface area contributed by atoms with Crippen LogP contribution in [-0.4, -0.2) is 145 Å². The molecule has 2 saturated heterocycles. The first-order valence-electron chi connectivity index (χ1n) is 26.4. The maximum atomic E-state index is 14.5. The van der Waals surface area contributed by atoms with Gasteiger partial charge in [0.15, 0.2) is 14.1 Å². The largest absolute Gasteiger partial charge is 0.459 e. The molecular weight excluding hydrogens is 925 g/mol. The molecule has 2 bridgehead atoms. The number of amides is 1. The second-order valence-corrected chi connectivity index (χ2v) is 27.9. The van der Waals surface area contributed by atoms with Gasteiger partial charge in [-0.3, -0.25) is 14.4 Å². The lowest BCUT2D eigenvalue weighted by atomic mass is 9.80. The molecule has 4 rings (SSSR count). The highest BCUT2D eigenvalue weighted by Gasteiger charge is 2.53. The van der Waals surface area contributed by atoms with E-state index in [9.17, 15) is 39.6 Å². The topological polar surface area (TPSA) is 225 Å². The highest BCUT2D eigenvalue weighted by molar-refractivity contribution is 6.74. The number of ether oxygens (including phenoxy) is 4. The maximum Gasteiger partial charge on any atom is 0.329 e.